The predicted molar refractivity (Wildman–Crippen MR) is 77.0 cm³/mol. The summed E-state index contributed by atoms with van der Waals surface area (Å²) in [5, 5.41) is 10.4. The summed E-state index contributed by atoms with van der Waals surface area (Å²) in [6, 6.07) is 4.72. The molecule has 1 unspecified atom stereocenters. The largest absolute Gasteiger partial charge is 0.477 e. The first kappa shape index (κ1) is 15.6. The molecule has 0 fully saturated rings. The lowest BCUT2D eigenvalue weighted by atomic mass is 10.3. The Morgan fingerprint density at radius 1 is 1.27 bits per heavy atom. The normalized spacial score (nSPS) is 11.5. The topological polar surface area (TPSA) is 99.1 Å². The summed E-state index contributed by atoms with van der Waals surface area (Å²) in [5.74, 6) is 0.950. The Balaban J connectivity index is 1.80. The summed E-state index contributed by atoms with van der Waals surface area (Å²) in [6.07, 6.45) is 2.65. The van der Waals surface area contributed by atoms with Crippen molar-refractivity contribution < 1.29 is 14.3 Å². The van der Waals surface area contributed by atoms with Crippen molar-refractivity contribution >= 4 is 6.09 Å². The van der Waals surface area contributed by atoms with Gasteiger partial charge in [-0.15, -0.1) is 10.2 Å². The van der Waals surface area contributed by atoms with Crippen LogP contribution in [-0.4, -0.2) is 32.9 Å². The number of rotatable bonds is 6. The van der Waals surface area contributed by atoms with Gasteiger partial charge in [0.05, 0.1) is 12.6 Å². The average molecular weight is 303 g/mol. The third kappa shape index (κ3) is 4.65. The third-order valence-corrected chi connectivity index (χ3v) is 2.65. The Morgan fingerprint density at radius 3 is 2.68 bits per heavy atom. The summed E-state index contributed by atoms with van der Waals surface area (Å²) >= 11 is 0. The molecule has 2 heterocycles. The number of amides is 1. The standard InChI is InChI=1S/C14H17N5O3/c1-3-21-12-6-5-11(18-19-12)9-22-14(20)17-10(2)13-15-7-4-8-16-13/h4-8,10H,3,9H2,1-2H3,(H,17,20). The van der Waals surface area contributed by atoms with E-state index in [1.54, 1.807) is 37.5 Å². The molecular weight excluding hydrogens is 286 g/mol. The first-order valence-corrected chi connectivity index (χ1v) is 6.84. The van der Waals surface area contributed by atoms with E-state index in [-0.39, 0.29) is 12.6 Å². The summed E-state index contributed by atoms with van der Waals surface area (Å²) < 4.78 is 10.3. The van der Waals surface area contributed by atoms with Gasteiger partial charge in [-0.05, 0) is 26.0 Å². The number of hydrogen-bond donors (Lipinski definition) is 1. The SMILES string of the molecule is CCOc1ccc(COC(=O)NC(C)c2ncccn2)nn1. The fourth-order valence-electron chi connectivity index (χ4n) is 1.61. The van der Waals surface area contributed by atoms with Crippen LogP contribution in [0.3, 0.4) is 0 Å². The van der Waals surface area contributed by atoms with E-state index >= 15 is 0 Å². The van der Waals surface area contributed by atoms with E-state index in [9.17, 15) is 4.79 Å². The first-order valence-electron chi connectivity index (χ1n) is 6.84. The van der Waals surface area contributed by atoms with Crippen LogP contribution in [0.5, 0.6) is 5.88 Å². The minimum Gasteiger partial charge on any atom is -0.477 e. The average Bonchev–Trinajstić information content (AvgIpc) is 2.55. The maximum Gasteiger partial charge on any atom is 0.408 e. The van der Waals surface area contributed by atoms with Crippen molar-refractivity contribution in [3.63, 3.8) is 0 Å². The highest BCUT2D eigenvalue weighted by Crippen LogP contribution is 2.07. The molecule has 1 atom stereocenters. The van der Waals surface area contributed by atoms with Crippen LogP contribution >= 0.6 is 0 Å². The van der Waals surface area contributed by atoms with Gasteiger partial charge in [-0.25, -0.2) is 14.8 Å². The number of nitrogens with one attached hydrogen (secondary N) is 1. The lowest BCUT2D eigenvalue weighted by Crippen LogP contribution is -2.28. The fourth-order valence-corrected chi connectivity index (χ4v) is 1.61. The van der Waals surface area contributed by atoms with Crippen molar-refractivity contribution in [2.75, 3.05) is 6.61 Å². The van der Waals surface area contributed by atoms with Gasteiger partial charge in [0.15, 0.2) is 0 Å². The molecule has 0 saturated heterocycles. The van der Waals surface area contributed by atoms with Crippen molar-refractivity contribution in [2.24, 2.45) is 0 Å². The maximum absolute atomic E-state index is 11.7. The summed E-state index contributed by atoms with van der Waals surface area (Å²) in [5.41, 5.74) is 0.530. The molecule has 0 aliphatic carbocycles. The fraction of sp³-hybridized carbons (Fsp3) is 0.357. The predicted octanol–water partition coefficient (Wildman–Crippen LogP) is 1.65. The molecule has 0 saturated carbocycles. The highest BCUT2D eigenvalue weighted by Gasteiger charge is 2.12. The van der Waals surface area contributed by atoms with Crippen LogP contribution in [0.2, 0.25) is 0 Å². The van der Waals surface area contributed by atoms with Crippen molar-refractivity contribution in [3.05, 3.63) is 42.1 Å². The van der Waals surface area contributed by atoms with E-state index in [2.05, 4.69) is 25.5 Å². The van der Waals surface area contributed by atoms with E-state index in [0.29, 0.717) is 24.0 Å². The summed E-state index contributed by atoms with van der Waals surface area (Å²) in [6.45, 7) is 4.17. The van der Waals surface area contributed by atoms with E-state index in [4.69, 9.17) is 9.47 Å². The molecule has 0 spiro atoms. The monoisotopic (exact) mass is 303 g/mol. The molecule has 0 bridgehead atoms. The number of aromatic nitrogens is 4. The molecule has 22 heavy (non-hydrogen) atoms. The molecule has 2 aromatic rings. The van der Waals surface area contributed by atoms with Crippen LogP contribution in [0.15, 0.2) is 30.6 Å². The quantitative estimate of drug-likeness (QED) is 0.866. The van der Waals surface area contributed by atoms with Crippen LogP contribution in [0.4, 0.5) is 4.79 Å². The molecule has 2 rings (SSSR count). The molecule has 0 aliphatic rings. The zero-order chi connectivity index (χ0) is 15.8. The number of alkyl carbamates (subject to hydrolysis) is 1. The third-order valence-electron chi connectivity index (χ3n) is 2.65. The highest BCUT2D eigenvalue weighted by atomic mass is 16.5. The van der Waals surface area contributed by atoms with E-state index < -0.39 is 6.09 Å². The van der Waals surface area contributed by atoms with Gasteiger partial charge in [0.1, 0.15) is 18.1 Å². The molecule has 0 aromatic carbocycles. The lowest BCUT2D eigenvalue weighted by Gasteiger charge is -2.12. The molecule has 2 aromatic heterocycles. The van der Waals surface area contributed by atoms with Crippen molar-refractivity contribution in [3.8, 4) is 5.88 Å². The van der Waals surface area contributed by atoms with Gasteiger partial charge >= 0.3 is 6.09 Å². The van der Waals surface area contributed by atoms with Gasteiger partial charge in [0.25, 0.3) is 0 Å². The van der Waals surface area contributed by atoms with Crippen molar-refractivity contribution in [1.29, 1.82) is 0 Å². The molecule has 1 amide bonds. The zero-order valence-electron chi connectivity index (χ0n) is 12.4. The number of carbonyl (C=O) groups excluding carboxylic acids is 1. The van der Waals surface area contributed by atoms with Gasteiger partial charge in [-0.1, -0.05) is 0 Å². The van der Waals surface area contributed by atoms with E-state index in [0.717, 1.165) is 0 Å². The Hall–Kier alpha value is -2.77. The molecule has 0 radical (unpaired) electrons. The van der Waals surface area contributed by atoms with Crippen molar-refractivity contribution in [2.45, 2.75) is 26.5 Å². The Morgan fingerprint density at radius 2 is 2.05 bits per heavy atom. The van der Waals surface area contributed by atoms with Crippen LogP contribution in [0, 0.1) is 0 Å². The maximum atomic E-state index is 11.7. The molecule has 1 N–H and O–H groups in total. The molecular formula is C14H17N5O3. The van der Waals surface area contributed by atoms with Gasteiger partial charge < -0.3 is 14.8 Å². The number of nitrogens with zero attached hydrogens (tertiary/aromatic N) is 4. The van der Waals surface area contributed by atoms with Crippen LogP contribution < -0.4 is 10.1 Å². The smallest absolute Gasteiger partial charge is 0.408 e. The second-order valence-corrected chi connectivity index (χ2v) is 4.35. The number of ether oxygens (including phenoxy) is 2. The van der Waals surface area contributed by atoms with Crippen LogP contribution in [-0.2, 0) is 11.3 Å². The van der Waals surface area contributed by atoms with Gasteiger partial charge in [-0.3, -0.25) is 0 Å². The summed E-state index contributed by atoms with van der Waals surface area (Å²) in [7, 11) is 0. The van der Waals surface area contributed by atoms with E-state index in [1.165, 1.54) is 0 Å². The zero-order valence-corrected chi connectivity index (χ0v) is 12.4. The van der Waals surface area contributed by atoms with Gasteiger partial charge in [0.2, 0.25) is 5.88 Å². The first-order chi connectivity index (χ1) is 10.7. The second-order valence-electron chi connectivity index (χ2n) is 4.35. The van der Waals surface area contributed by atoms with Crippen LogP contribution in [0.1, 0.15) is 31.4 Å². The minimum atomic E-state index is -0.573. The Kier molecular flexibility index (Phi) is 5.58. The molecule has 116 valence electrons. The Labute approximate surface area is 127 Å². The number of hydrogen-bond acceptors (Lipinski definition) is 7. The van der Waals surface area contributed by atoms with Crippen LogP contribution in [0.25, 0.3) is 0 Å². The van der Waals surface area contributed by atoms with E-state index in [1.807, 2.05) is 6.92 Å². The van der Waals surface area contributed by atoms with Gasteiger partial charge in [-0.2, -0.15) is 0 Å². The number of carbonyl (C=O) groups is 1. The van der Waals surface area contributed by atoms with Crippen molar-refractivity contribution in [1.82, 2.24) is 25.5 Å². The molecule has 8 heteroatoms. The molecule has 8 nitrogen and oxygen atoms in total. The van der Waals surface area contributed by atoms with Gasteiger partial charge in [0, 0.05) is 18.5 Å². The lowest BCUT2D eigenvalue weighted by molar-refractivity contribution is 0.134. The minimum absolute atomic E-state index is 0.0214. The summed E-state index contributed by atoms with van der Waals surface area (Å²) in [4.78, 5) is 19.8. The Bertz CT molecular complexity index is 591. The molecule has 0 aliphatic heterocycles. The highest BCUT2D eigenvalue weighted by molar-refractivity contribution is 5.67. The second kappa shape index (κ2) is 7.87.